The van der Waals surface area contributed by atoms with Crippen molar-refractivity contribution < 1.29 is 9.18 Å². The third-order valence-corrected chi connectivity index (χ3v) is 3.28. The zero-order chi connectivity index (χ0) is 14.4. The van der Waals surface area contributed by atoms with Crippen LogP contribution < -0.4 is 10.6 Å². The van der Waals surface area contributed by atoms with Gasteiger partial charge in [-0.2, -0.15) is 0 Å². The SMILES string of the molecule is CC(C)C(C)NC(=O)CNCc1ccc(F)c(Cl)c1. The first-order valence-corrected chi connectivity index (χ1v) is 6.72. The molecule has 0 fully saturated rings. The average Bonchev–Trinajstić information content (AvgIpc) is 2.33. The fourth-order valence-corrected chi connectivity index (χ4v) is 1.64. The van der Waals surface area contributed by atoms with Crippen molar-refractivity contribution in [3.8, 4) is 0 Å². The highest BCUT2D eigenvalue weighted by Gasteiger charge is 2.10. The predicted molar refractivity (Wildman–Crippen MR) is 75.6 cm³/mol. The van der Waals surface area contributed by atoms with Crippen molar-refractivity contribution in [3.05, 3.63) is 34.6 Å². The van der Waals surface area contributed by atoms with E-state index in [4.69, 9.17) is 11.6 Å². The van der Waals surface area contributed by atoms with Crippen LogP contribution >= 0.6 is 11.6 Å². The van der Waals surface area contributed by atoms with Gasteiger partial charge >= 0.3 is 0 Å². The van der Waals surface area contributed by atoms with Crippen LogP contribution in [0.3, 0.4) is 0 Å². The van der Waals surface area contributed by atoms with E-state index in [1.807, 2.05) is 6.92 Å². The zero-order valence-electron chi connectivity index (χ0n) is 11.5. The second-order valence-corrected chi connectivity index (χ2v) is 5.36. The van der Waals surface area contributed by atoms with Gasteiger partial charge in [-0.25, -0.2) is 4.39 Å². The van der Waals surface area contributed by atoms with Crippen LogP contribution in [0.25, 0.3) is 0 Å². The van der Waals surface area contributed by atoms with Gasteiger partial charge in [0.15, 0.2) is 0 Å². The Kier molecular flexibility index (Phi) is 6.25. The largest absolute Gasteiger partial charge is 0.352 e. The van der Waals surface area contributed by atoms with Crippen molar-refractivity contribution in [2.45, 2.75) is 33.4 Å². The number of carbonyl (C=O) groups is 1. The smallest absolute Gasteiger partial charge is 0.234 e. The maximum Gasteiger partial charge on any atom is 0.234 e. The lowest BCUT2D eigenvalue weighted by Gasteiger charge is -2.17. The normalized spacial score (nSPS) is 12.5. The Bertz CT molecular complexity index is 437. The summed E-state index contributed by atoms with van der Waals surface area (Å²) in [6.07, 6.45) is 0. The van der Waals surface area contributed by atoms with Crippen LogP contribution in [-0.2, 0) is 11.3 Å². The van der Waals surface area contributed by atoms with Gasteiger partial charge in [0.25, 0.3) is 0 Å². The Hall–Kier alpha value is -1.13. The molecule has 19 heavy (non-hydrogen) atoms. The third-order valence-electron chi connectivity index (χ3n) is 2.99. The molecule has 1 unspecified atom stereocenters. The fourth-order valence-electron chi connectivity index (χ4n) is 1.44. The maximum absolute atomic E-state index is 13.0. The minimum atomic E-state index is -0.436. The molecule has 0 saturated heterocycles. The number of hydrogen-bond donors (Lipinski definition) is 2. The minimum absolute atomic E-state index is 0.0468. The quantitative estimate of drug-likeness (QED) is 0.844. The van der Waals surface area contributed by atoms with E-state index in [0.29, 0.717) is 12.5 Å². The molecule has 2 N–H and O–H groups in total. The zero-order valence-corrected chi connectivity index (χ0v) is 12.2. The number of benzene rings is 1. The molecule has 1 amide bonds. The number of hydrogen-bond acceptors (Lipinski definition) is 2. The van der Waals surface area contributed by atoms with E-state index in [2.05, 4.69) is 24.5 Å². The van der Waals surface area contributed by atoms with Gasteiger partial charge in [-0.1, -0.05) is 31.5 Å². The van der Waals surface area contributed by atoms with E-state index in [1.165, 1.54) is 6.07 Å². The molecule has 1 rings (SSSR count). The van der Waals surface area contributed by atoms with E-state index in [9.17, 15) is 9.18 Å². The van der Waals surface area contributed by atoms with Crippen molar-refractivity contribution in [2.75, 3.05) is 6.54 Å². The number of nitrogens with one attached hydrogen (secondary N) is 2. The molecule has 0 aliphatic rings. The summed E-state index contributed by atoms with van der Waals surface area (Å²) in [6, 6.07) is 4.66. The molecule has 0 aromatic heterocycles. The Balaban J connectivity index is 2.33. The van der Waals surface area contributed by atoms with Crippen molar-refractivity contribution in [1.29, 1.82) is 0 Å². The Morgan fingerprint density at radius 3 is 2.63 bits per heavy atom. The average molecular weight is 287 g/mol. The second-order valence-electron chi connectivity index (χ2n) is 4.95. The molecule has 0 spiro atoms. The predicted octanol–water partition coefficient (Wildman–Crippen LogP) is 2.73. The van der Waals surface area contributed by atoms with Gasteiger partial charge in [-0.05, 0) is 30.5 Å². The fraction of sp³-hybridized carbons (Fsp3) is 0.500. The molecule has 1 aromatic rings. The summed E-state index contributed by atoms with van der Waals surface area (Å²) in [7, 11) is 0. The van der Waals surface area contributed by atoms with Crippen LogP contribution in [0.2, 0.25) is 5.02 Å². The lowest BCUT2D eigenvalue weighted by Crippen LogP contribution is -2.41. The van der Waals surface area contributed by atoms with Crippen LogP contribution in [0.4, 0.5) is 4.39 Å². The van der Waals surface area contributed by atoms with Gasteiger partial charge < -0.3 is 10.6 Å². The van der Waals surface area contributed by atoms with Crippen molar-refractivity contribution >= 4 is 17.5 Å². The second kappa shape index (κ2) is 7.46. The number of amides is 1. The van der Waals surface area contributed by atoms with Gasteiger partial charge in [0.1, 0.15) is 5.82 Å². The van der Waals surface area contributed by atoms with E-state index in [-0.39, 0.29) is 23.5 Å². The first-order chi connectivity index (χ1) is 8.90. The van der Waals surface area contributed by atoms with E-state index in [0.717, 1.165) is 5.56 Å². The van der Waals surface area contributed by atoms with E-state index < -0.39 is 5.82 Å². The Labute approximate surface area is 118 Å². The highest BCUT2D eigenvalue weighted by Crippen LogP contribution is 2.15. The molecular weight excluding hydrogens is 267 g/mol. The van der Waals surface area contributed by atoms with Gasteiger partial charge in [-0.3, -0.25) is 4.79 Å². The number of carbonyl (C=O) groups excluding carboxylic acids is 1. The monoisotopic (exact) mass is 286 g/mol. The molecule has 106 valence electrons. The lowest BCUT2D eigenvalue weighted by atomic mass is 10.1. The van der Waals surface area contributed by atoms with Crippen LogP contribution in [0.1, 0.15) is 26.3 Å². The molecule has 1 aromatic carbocycles. The van der Waals surface area contributed by atoms with Gasteiger partial charge in [0, 0.05) is 12.6 Å². The minimum Gasteiger partial charge on any atom is -0.352 e. The van der Waals surface area contributed by atoms with Gasteiger partial charge in [-0.15, -0.1) is 0 Å². The maximum atomic E-state index is 13.0. The number of halogens is 2. The van der Waals surface area contributed by atoms with E-state index >= 15 is 0 Å². The molecule has 0 saturated carbocycles. The van der Waals surface area contributed by atoms with Crippen molar-refractivity contribution in [1.82, 2.24) is 10.6 Å². The molecule has 1 atom stereocenters. The van der Waals surface area contributed by atoms with Gasteiger partial charge in [0.2, 0.25) is 5.91 Å². The molecule has 5 heteroatoms. The lowest BCUT2D eigenvalue weighted by molar-refractivity contribution is -0.121. The van der Waals surface area contributed by atoms with E-state index in [1.54, 1.807) is 12.1 Å². The van der Waals surface area contributed by atoms with Crippen molar-refractivity contribution in [3.63, 3.8) is 0 Å². The highest BCUT2D eigenvalue weighted by atomic mass is 35.5. The summed E-state index contributed by atoms with van der Waals surface area (Å²) >= 11 is 5.68. The Morgan fingerprint density at radius 1 is 1.37 bits per heavy atom. The summed E-state index contributed by atoms with van der Waals surface area (Å²) in [5.41, 5.74) is 0.844. The summed E-state index contributed by atoms with van der Waals surface area (Å²) < 4.78 is 13.0. The summed E-state index contributed by atoms with van der Waals surface area (Å²) in [5, 5.41) is 5.99. The van der Waals surface area contributed by atoms with Crippen LogP contribution in [0, 0.1) is 11.7 Å². The van der Waals surface area contributed by atoms with Crippen LogP contribution in [0.5, 0.6) is 0 Å². The molecule has 0 aliphatic carbocycles. The van der Waals surface area contributed by atoms with Crippen molar-refractivity contribution in [2.24, 2.45) is 5.92 Å². The van der Waals surface area contributed by atoms with Crippen LogP contribution in [-0.4, -0.2) is 18.5 Å². The van der Waals surface area contributed by atoms with Crippen LogP contribution in [0.15, 0.2) is 18.2 Å². The molecular formula is C14H20ClFN2O. The molecule has 0 heterocycles. The summed E-state index contributed by atoms with van der Waals surface area (Å²) in [4.78, 5) is 11.6. The number of rotatable bonds is 6. The van der Waals surface area contributed by atoms with Gasteiger partial charge in [0.05, 0.1) is 11.6 Å². The highest BCUT2D eigenvalue weighted by molar-refractivity contribution is 6.30. The molecule has 0 radical (unpaired) electrons. The summed E-state index contributed by atoms with van der Waals surface area (Å²) in [5.74, 6) is -0.0804. The summed E-state index contributed by atoms with van der Waals surface area (Å²) in [6.45, 7) is 6.79. The molecule has 3 nitrogen and oxygen atoms in total. The first kappa shape index (κ1) is 15.9. The molecule has 0 aliphatic heterocycles. The Morgan fingerprint density at radius 2 is 2.05 bits per heavy atom. The standard InChI is InChI=1S/C14H20ClFN2O/c1-9(2)10(3)18-14(19)8-17-7-11-4-5-13(16)12(15)6-11/h4-6,9-10,17H,7-8H2,1-3H3,(H,18,19). The molecule has 0 bridgehead atoms. The topological polar surface area (TPSA) is 41.1 Å². The first-order valence-electron chi connectivity index (χ1n) is 6.34. The third kappa shape index (κ3) is 5.57.